The fourth-order valence-corrected chi connectivity index (χ4v) is 2.57. The molecule has 0 aliphatic carbocycles. The van der Waals surface area contributed by atoms with Gasteiger partial charge in [-0.15, -0.1) is 0 Å². The molecule has 0 radical (unpaired) electrons. The predicted molar refractivity (Wildman–Crippen MR) is 84.2 cm³/mol. The van der Waals surface area contributed by atoms with Crippen molar-refractivity contribution in [3.63, 3.8) is 0 Å². The van der Waals surface area contributed by atoms with Crippen LogP contribution in [0.2, 0.25) is 0 Å². The number of benzene rings is 1. The van der Waals surface area contributed by atoms with Crippen LogP contribution >= 0.6 is 0 Å². The lowest BCUT2D eigenvalue weighted by Gasteiger charge is -2.31. The van der Waals surface area contributed by atoms with Crippen LogP contribution in [0.15, 0.2) is 24.3 Å². The van der Waals surface area contributed by atoms with Gasteiger partial charge in [0, 0.05) is 6.54 Å². The minimum atomic E-state index is -0.0869. The van der Waals surface area contributed by atoms with Crippen LogP contribution in [0.1, 0.15) is 19.8 Å². The number of rotatable bonds is 6. The van der Waals surface area contributed by atoms with Crippen molar-refractivity contribution in [1.82, 2.24) is 10.2 Å². The molecule has 1 fully saturated rings. The number of ether oxygens (including phenoxy) is 1. The van der Waals surface area contributed by atoms with Crippen LogP contribution in [0.3, 0.4) is 0 Å². The van der Waals surface area contributed by atoms with Gasteiger partial charge in [-0.2, -0.15) is 0 Å². The molecular weight excluding hydrogens is 266 g/mol. The molecule has 116 valence electrons. The van der Waals surface area contributed by atoms with Crippen LogP contribution in [-0.2, 0) is 4.79 Å². The van der Waals surface area contributed by atoms with Crippen LogP contribution < -0.4 is 15.8 Å². The Balaban J connectivity index is 1.65. The van der Waals surface area contributed by atoms with Crippen LogP contribution in [0, 0.1) is 5.92 Å². The lowest BCUT2D eigenvalue weighted by Crippen LogP contribution is -2.39. The average Bonchev–Trinajstić information content (AvgIpc) is 2.52. The molecule has 1 saturated heterocycles. The molecule has 1 aromatic rings. The molecule has 5 nitrogen and oxygen atoms in total. The Morgan fingerprint density at radius 3 is 2.76 bits per heavy atom. The molecule has 0 aromatic heterocycles. The summed E-state index contributed by atoms with van der Waals surface area (Å²) in [7, 11) is 0. The number of nitrogens with one attached hydrogen (secondary N) is 1. The van der Waals surface area contributed by atoms with Gasteiger partial charge in [-0.1, -0.05) is 19.1 Å². The summed E-state index contributed by atoms with van der Waals surface area (Å²) in [6.45, 7) is 6.33. The smallest absolute Gasteiger partial charge is 0.257 e. The first-order valence-corrected chi connectivity index (χ1v) is 7.65. The van der Waals surface area contributed by atoms with Crippen LogP contribution in [0.4, 0.5) is 5.69 Å². The van der Waals surface area contributed by atoms with Crippen LogP contribution in [0.25, 0.3) is 0 Å². The maximum atomic E-state index is 11.8. The van der Waals surface area contributed by atoms with E-state index in [0.717, 1.165) is 39.0 Å². The largest absolute Gasteiger partial charge is 0.482 e. The average molecular weight is 291 g/mol. The molecule has 5 heteroatoms. The third-order valence-corrected chi connectivity index (χ3v) is 4.02. The highest BCUT2D eigenvalue weighted by molar-refractivity contribution is 5.77. The first kappa shape index (κ1) is 15.6. The zero-order valence-electron chi connectivity index (χ0n) is 12.7. The number of piperidine rings is 1. The van der Waals surface area contributed by atoms with Gasteiger partial charge in [0.2, 0.25) is 0 Å². The van der Waals surface area contributed by atoms with Crippen molar-refractivity contribution in [3.8, 4) is 5.75 Å². The minimum Gasteiger partial charge on any atom is -0.482 e. The number of nitrogen functional groups attached to an aromatic ring is 1. The summed E-state index contributed by atoms with van der Waals surface area (Å²) in [5.41, 5.74) is 6.32. The Bertz CT molecular complexity index is 457. The van der Waals surface area contributed by atoms with Crippen LogP contribution in [0.5, 0.6) is 5.75 Å². The Kier molecular flexibility index (Phi) is 5.87. The van der Waals surface area contributed by atoms with Gasteiger partial charge in [-0.05, 0) is 50.5 Å². The summed E-state index contributed by atoms with van der Waals surface area (Å²) < 4.78 is 5.43. The van der Waals surface area contributed by atoms with E-state index in [1.54, 1.807) is 12.1 Å². The second-order valence-corrected chi connectivity index (χ2v) is 5.51. The second-order valence-electron chi connectivity index (χ2n) is 5.51. The maximum absolute atomic E-state index is 11.8. The van der Waals surface area contributed by atoms with Gasteiger partial charge in [0.05, 0.1) is 5.69 Å². The summed E-state index contributed by atoms with van der Waals surface area (Å²) in [6.07, 6.45) is 2.31. The summed E-state index contributed by atoms with van der Waals surface area (Å²) >= 11 is 0. The third kappa shape index (κ3) is 4.93. The van der Waals surface area contributed by atoms with E-state index >= 15 is 0 Å². The van der Waals surface area contributed by atoms with Gasteiger partial charge in [-0.25, -0.2) is 0 Å². The zero-order chi connectivity index (χ0) is 15.1. The highest BCUT2D eigenvalue weighted by Crippen LogP contribution is 2.19. The van der Waals surface area contributed by atoms with Crippen molar-refractivity contribution in [2.45, 2.75) is 19.8 Å². The van der Waals surface area contributed by atoms with Crippen molar-refractivity contribution < 1.29 is 9.53 Å². The quantitative estimate of drug-likeness (QED) is 0.779. The highest BCUT2D eigenvalue weighted by atomic mass is 16.5. The molecule has 1 aliphatic rings. The fraction of sp³-hybridized carbons (Fsp3) is 0.562. The molecule has 0 saturated carbocycles. The summed E-state index contributed by atoms with van der Waals surface area (Å²) in [5.74, 6) is 1.05. The second kappa shape index (κ2) is 7.88. The van der Waals surface area contributed by atoms with Gasteiger partial charge in [0.15, 0.2) is 6.61 Å². The first-order chi connectivity index (χ1) is 10.2. The van der Waals surface area contributed by atoms with Gasteiger partial charge in [0.1, 0.15) is 5.75 Å². The number of para-hydroxylation sites is 2. The molecule has 1 aromatic carbocycles. The highest BCUT2D eigenvalue weighted by Gasteiger charge is 2.18. The van der Waals surface area contributed by atoms with Gasteiger partial charge in [0.25, 0.3) is 5.91 Å². The Hall–Kier alpha value is -1.75. The molecule has 3 N–H and O–H groups in total. The first-order valence-electron chi connectivity index (χ1n) is 7.65. The third-order valence-electron chi connectivity index (χ3n) is 4.02. The molecule has 0 bridgehead atoms. The summed E-state index contributed by atoms with van der Waals surface area (Å²) in [5, 5.41) is 2.95. The topological polar surface area (TPSA) is 67.6 Å². The van der Waals surface area contributed by atoms with Crippen molar-refractivity contribution >= 4 is 11.6 Å². The number of hydrogen-bond donors (Lipinski definition) is 2. The monoisotopic (exact) mass is 291 g/mol. The van der Waals surface area contributed by atoms with E-state index in [0.29, 0.717) is 17.4 Å². The number of nitrogens with zero attached hydrogens (tertiary/aromatic N) is 1. The maximum Gasteiger partial charge on any atom is 0.257 e. The number of amides is 1. The van der Waals surface area contributed by atoms with E-state index in [1.165, 1.54) is 0 Å². The fourth-order valence-electron chi connectivity index (χ4n) is 2.57. The van der Waals surface area contributed by atoms with E-state index in [-0.39, 0.29) is 12.5 Å². The zero-order valence-corrected chi connectivity index (χ0v) is 12.7. The standard InChI is InChI=1S/C16H25N3O2/c1-2-19-9-7-13(8-10-19)11-18-16(20)12-21-15-6-4-3-5-14(15)17/h3-6,13H,2,7-12,17H2,1H3,(H,18,20). The predicted octanol–water partition coefficient (Wildman–Crippen LogP) is 1.50. The molecule has 0 spiro atoms. The van der Waals surface area contributed by atoms with Crippen LogP contribution in [-0.4, -0.2) is 43.6 Å². The molecule has 0 atom stereocenters. The molecule has 1 aliphatic heterocycles. The number of nitrogens with two attached hydrogens (primary N) is 1. The van der Waals surface area contributed by atoms with Crippen molar-refractivity contribution in [3.05, 3.63) is 24.3 Å². The van der Waals surface area contributed by atoms with Gasteiger partial charge < -0.3 is 20.7 Å². The number of carbonyl (C=O) groups is 1. The number of anilines is 1. The number of hydrogen-bond acceptors (Lipinski definition) is 4. The molecule has 2 rings (SSSR count). The van der Waals surface area contributed by atoms with Gasteiger partial charge in [-0.3, -0.25) is 4.79 Å². The lowest BCUT2D eigenvalue weighted by molar-refractivity contribution is -0.123. The minimum absolute atomic E-state index is 0.0159. The number of likely N-dealkylation sites (tertiary alicyclic amines) is 1. The van der Waals surface area contributed by atoms with Crippen molar-refractivity contribution in [2.24, 2.45) is 5.92 Å². The molecule has 1 amide bonds. The van der Waals surface area contributed by atoms with Gasteiger partial charge >= 0.3 is 0 Å². The lowest BCUT2D eigenvalue weighted by atomic mass is 9.97. The number of carbonyl (C=O) groups excluding carboxylic acids is 1. The molecular formula is C16H25N3O2. The van der Waals surface area contributed by atoms with E-state index < -0.39 is 0 Å². The van der Waals surface area contributed by atoms with Crippen molar-refractivity contribution in [2.75, 3.05) is 38.5 Å². The SMILES string of the molecule is CCN1CCC(CNC(=O)COc2ccccc2N)CC1. The van der Waals surface area contributed by atoms with E-state index in [4.69, 9.17) is 10.5 Å². The van der Waals surface area contributed by atoms with E-state index in [9.17, 15) is 4.79 Å². The Morgan fingerprint density at radius 1 is 1.38 bits per heavy atom. The molecule has 21 heavy (non-hydrogen) atoms. The Labute approximate surface area is 126 Å². The van der Waals surface area contributed by atoms with Crippen molar-refractivity contribution in [1.29, 1.82) is 0 Å². The van der Waals surface area contributed by atoms with E-state index in [2.05, 4.69) is 17.1 Å². The summed E-state index contributed by atoms with van der Waals surface area (Å²) in [6, 6.07) is 7.20. The molecule has 1 heterocycles. The normalized spacial score (nSPS) is 16.6. The molecule has 0 unspecified atom stereocenters. The van der Waals surface area contributed by atoms with E-state index in [1.807, 2.05) is 12.1 Å². The Morgan fingerprint density at radius 2 is 2.10 bits per heavy atom. The summed E-state index contributed by atoms with van der Waals surface area (Å²) in [4.78, 5) is 14.2.